The van der Waals surface area contributed by atoms with E-state index in [1.165, 1.54) is 13.0 Å². The third kappa shape index (κ3) is 5.85. The Morgan fingerprint density at radius 3 is 1.89 bits per heavy atom. The van der Waals surface area contributed by atoms with Crippen molar-refractivity contribution in [3.05, 3.63) is 23.3 Å². The Balaban J connectivity index is 0. The Bertz CT molecular complexity index is 523. The zero-order valence-corrected chi connectivity index (χ0v) is 13.4. The van der Waals surface area contributed by atoms with Crippen molar-refractivity contribution in [1.82, 2.24) is 0 Å². The fourth-order valence-corrected chi connectivity index (χ4v) is 2.31. The summed E-state index contributed by atoms with van der Waals surface area (Å²) < 4.78 is 22.6. The molecular weight excluding hydrogens is 262 g/mol. The van der Waals surface area contributed by atoms with E-state index in [0.717, 1.165) is 0 Å². The van der Waals surface area contributed by atoms with Gasteiger partial charge < -0.3 is 11.1 Å². The number of aryl methyl sites for hydroxylation is 1. The molecule has 0 fully saturated rings. The molecule has 0 unspecified atom stereocenters. The molecule has 0 heterocycles. The van der Waals surface area contributed by atoms with Gasteiger partial charge in [-0.1, -0.05) is 27.7 Å². The summed E-state index contributed by atoms with van der Waals surface area (Å²) >= 11 is 0. The maximum Gasteiger partial charge on any atom is 0.238 e. The largest absolute Gasteiger partial charge is 0.398 e. The summed E-state index contributed by atoms with van der Waals surface area (Å²) in [5.41, 5.74) is 6.87. The lowest BCUT2D eigenvalue weighted by molar-refractivity contribution is 0.597. The van der Waals surface area contributed by atoms with Crippen molar-refractivity contribution in [1.29, 1.82) is 5.41 Å². The maximum atomic E-state index is 11.3. The maximum absolute atomic E-state index is 11.3. The van der Waals surface area contributed by atoms with Crippen LogP contribution in [0.15, 0.2) is 17.0 Å². The lowest BCUT2D eigenvalue weighted by Gasteiger charge is -2.10. The molecule has 1 aromatic rings. The molecular formula is C13H25N3O2S. The SMILES string of the molecule is CC.CC.CC(=N)c1c(N)cc(C)cc1S(N)(=O)=O. The van der Waals surface area contributed by atoms with Crippen LogP contribution in [0.1, 0.15) is 45.7 Å². The van der Waals surface area contributed by atoms with Gasteiger partial charge in [0.15, 0.2) is 0 Å². The number of nitrogen functional groups attached to an aromatic ring is 1. The van der Waals surface area contributed by atoms with Crippen LogP contribution in [-0.4, -0.2) is 14.1 Å². The van der Waals surface area contributed by atoms with E-state index in [1.54, 1.807) is 13.0 Å². The number of rotatable bonds is 2. The predicted octanol–water partition coefficient (Wildman–Crippen LogP) is 2.66. The number of nitrogens with one attached hydrogen (secondary N) is 1. The number of hydrogen-bond donors (Lipinski definition) is 3. The van der Waals surface area contributed by atoms with Gasteiger partial charge in [-0.15, -0.1) is 0 Å². The first-order chi connectivity index (χ1) is 8.73. The Morgan fingerprint density at radius 2 is 1.58 bits per heavy atom. The molecule has 0 bridgehead atoms. The first kappa shape index (κ1) is 19.9. The molecule has 0 radical (unpaired) electrons. The highest BCUT2D eigenvalue weighted by molar-refractivity contribution is 7.89. The van der Waals surface area contributed by atoms with E-state index in [0.29, 0.717) is 5.56 Å². The van der Waals surface area contributed by atoms with Crippen molar-refractivity contribution in [2.45, 2.75) is 46.4 Å². The van der Waals surface area contributed by atoms with Crippen molar-refractivity contribution in [2.75, 3.05) is 5.73 Å². The number of sulfonamides is 1. The van der Waals surface area contributed by atoms with E-state index in [1.807, 2.05) is 27.7 Å². The average molecular weight is 287 g/mol. The van der Waals surface area contributed by atoms with Crippen molar-refractivity contribution < 1.29 is 8.42 Å². The molecule has 0 aliphatic heterocycles. The average Bonchev–Trinajstić information content (AvgIpc) is 2.31. The molecule has 0 spiro atoms. The third-order valence-corrected chi connectivity index (χ3v) is 2.89. The second-order valence-corrected chi connectivity index (χ2v) is 4.93. The first-order valence-corrected chi connectivity index (χ1v) is 7.76. The predicted molar refractivity (Wildman–Crippen MR) is 82.2 cm³/mol. The molecule has 5 nitrogen and oxygen atoms in total. The van der Waals surface area contributed by atoms with Crippen LogP contribution in [0, 0.1) is 12.3 Å². The smallest absolute Gasteiger partial charge is 0.238 e. The molecule has 0 aliphatic rings. The number of hydrogen-bond acceptors (Lipinski definition) is 4. The zero-order valence-electron chi connectivity index (χ0n) is 12.5. The van der Waals surface area contributed by atoms with E-state index in [-0.39, 0.29) is 21.9 Å². The molecule has 5 N–H and O–H groups in total. The highest BCUT2D eigenvalue weighted by Gasteiger charge is 2.18. The molecule has 0 amide bonds. The minimum absolute atomic E-state index is 0.0801. The van der Waals surface area contributed by atoms with Gasteiger partial charge in [0.2, 0.25) is 10.0 Å². The molecule has 1 aromatic carbocycles. The molecule has 0 saturated carbocycles. The quantitative estimate of drug-likeness (QED) is 0.574. The van der Waals surface area contributed by atoms with Gasteiger partial charge in [0, 0.05) is 17.0 Å². The van der Waals surface area contributed by atoms with Crippen LogP contribution in [0.4, 0.5) is 5.69 Å². The first-order valence-electron chi connectivity index (χ1n) is 6.22. The van der Waals surface area contributed by atoms with Gasteiger partial charge in [0.25, 0.3) is 0 Å². The second kappa shape index (κ2) is 8.66. The van der Waals surface area contributed by atoms with Gasteiger partial charge in [0.05, 0.1) is 4.90 Å². The Kier molecular flexibility index (Phi) is 9.08. The van der Waals surface area contributed by atoms with Crippen LogP contribution < -0.4 is 10.9 Å². The Hall–Kier alpha value is -1.40. The van der Waals surface area contributed by atoms with Crippen LogP contribution >= 0.6 is 0 Å². The van der Waals surface area contributed by atoms with Crippen molar-refractivity contribution >= 4 is 21.4 Å². The summed E-state index contributed by atoms with van der Waals surface area (Å²) in [5.74, 6) is 0. The van der Waals surface area contributed by atoms with E-state index in [2.05, 4.69) is 0 Å². The normalized spacial score (nSPS) is 9.63. The van der Waals surface area contributed by atoms with Gasteiger partial charge in [-0.2, -0.15) is 0 Å². The summed E-state index contributed by atoms with van der Waals surface area (Å²) in [6.45, 7) is 11.2. The molecule has 0 aliphatic carbocycles. The van der Waals surface area contributed by atoms with Gasteiger partial charge in [-0.25, -0.2) is 13.6 Å². The number of anilines is 1. The van der Waals surface area contributed by atoms with Crippen LogP contribution in [-0.2, 0) is 10.0 Å². The summed E-state index contributed by atoms with van der Waals surface area (Å²) in [6, 6.07) is 3.03. The van der Waals surface area contributed by atoms with Crippen LogP contribution in [0.3, 0.4) is 0 Å². The molecule has 0 aromatic heterocycles. The van der Waals surface area contributed by atoms with Gasteiger partial charge in [-0.05, 0) is 31.5 Å². The minimum Gasteiger partial charge on any atom is -0.398 e. The third-order valence-electron chi connectivity index (χ3n) is 1.96. The Morgan fingerprint density at radius 1 is 1.16 bits per heavy atom. The highest BCUT2D eigenvalue weighted by atomic mass is 32.2. The lowest BCUT2D eigenvalue weighted by Crippen LogP contribution is -2.17. The molecule has 19 heavy (non-hydrogen) atoms. The molecule has 0 saturated heterocycles. The van der Waals surface area contributed by atoms with Gasteiger partial charge in [-0.3, -0.25) is 0 Å². The van der Waals surface area contributed by atoms with E-state index >= 15 is 0 Å². The number of nitrogens with two attached hydrogens (primary N) is 2. The van der Waals surface area contributed by atoms with Gasteiger partial charge in [0.1, 0.15) is 0 Å². The Labute approximate surface area is 116 Å². The van der Waals surface area contributed by atoms with E-state index in [4.69, 9.17) is 16.3 Å². The van der Waals surface area contributed by atoms with Crippen molar-refractivity contribution in [3.8, 4) is 0 Å². The summed E-state index contributed by atoms with van der Waals surface area (Å²) in [7, 11) is -3.84. The van der Waals surface area contributed by atoms with Crippen LogP contribution in [0.5, 0.6) is 0 Å². The topological polar surface area (TPSA) is 110 Å². The lowest BCUT2D eigenvalue weighted by atomic mass is 10.1. The zero-order chi connectivity index (χ0) is 15.8. The highest BCUT2D eigenvalue weighted by Crippen LogP contribution is 2.23. The molecule has 1 rings (SSSR count). The fourth-order valence-electron chi connectivity index (χ4n) is 1.41. The standard InChI is InChI=1S/C9H13N3O2S.2C2H6/c1-5-3-7(11)9(6(2)10)8(4-5)15(12,13)14;2*1-2/h3-4,10H,11H2,1-2H3,(H2,12,13,14);2*1-2H3. The monoisotopic (exact) mass is 287 g/mol. The fraction of sp³-hybridized carbons (Fsp3) is 0.462. The van der Waals surface area contributed by atoms with Crippen molar-refractivity contribution in [2.24, 2.45) is 5.14 Å². The summed E-state index contributed by atoms with van der Waals surface area (Å²) in [5, 5.41) is 12.5. The summed E-state index contributed by atoms with van der Waals surface area (Å²) in [6.07, 6.45) is 0. The van der Waals surface area contributed by atoms with Crippen LogP contribution in [0.25, 0.3) is 0 Å². The second-order valence-electron chi connectivity index (χ2n) is 3.40. The van der Waals surface area contributed by atoms with Gasteiger partial charge >= 0.3 is 0 Å². The molecule has 0 atom stereocenters. The van der Waals surface area contributed by atoms with Crippen LogP contribution in [0.2, 0.25) is 0 Å². The minimum atomic E-state index is -3.84. The number of primary sulfonamides is 1. The number of benzene rings is 1. The van der Waals surface area contributed by atoms with E-state index in [9.17, 15) is 8.42 Å². The molecule has 110 valence electrons. The molecule has 6 heteroatoms. The summed E-state index contributed by atoms with van der Waals surface area (Å²) in [4.78, 5) is -0.0903. The van der Waals surface area contributed by atoms with Crippen molar-refractivity contribution in [3.63, 3.8) is 0 Å². The van der Waals surface area contributed by atoms with E-state index < -0.39 is 10.0 Å².